The van der Waals surface area contributed by atoms with Crippen LogP contribution >= 0.6 is 0 Å². The molecule has 8 heteroatoms. The van der Waals surface area contributed by atoms with Gasteiger partial charge in [0.15, 0.2) is 5.96 Å². The van der Waals surface area contributed by atoms with E-state index in [4.69, 9.17) is 0 Å². The normalized spacial score (nSPS) is 12.3. The van der Waals surface area contributed by atoms with Gasteiger partial charge in [0, 0.05) is 19.6 Å². The average molecular weight is 330 g/mol. The van der Waals surface area contributed by atoms with Crippen LogP contribution in [0, 0.1) is 12.7 Å². The van der Waals surface area contributed by atoms with Crippen molar-refractivity contribution >= 4 is 16.0 Å². The molecule has 0 saturated heterocycles. The molecule has 0 atom stereocenters. The Morgan fingerprint density at radius 3 is 2.59 bits per heavy atom. The first-order chi connectivity index (χ1) is 10.3. The summed E-state index contributed by atoms with van der Waals surface area (Å²) in [7, 11) is -3.18. The fourth-order valence-electron chi connectivity index (χ4n) is 1.73. The van der Waals surface area contributed by atoms with E-state index >= 15 is 0 Å². The molecule has 1 aromatic carbocycles. The molecule has 0 radical (unpaired) electrons. The minimum atomic E-state index is -3.18. The maximum atomic E-state index is 13.2. The van der Waals surface area contributed by atoms with Crippen LogP contribution in [-0.2, 0) is 16.6 Å². The van der Waals surface area contributed by atoms with E-state index in [1.165, 1.54) is 6.07 Å². The number of hydrogen-bond acceptors (Lipinski definition) is 3. The highest BCUT2D eigenvalue weighted by Crippen LogP contribution is 2.09. The van der Waals surface area contributed by atoms with Crippen molar-refractivity contribution in [1.82, 2.24) is 15.4 Å². The van der Waals surface area contributed by atoms with Crippen molar-refractivity contribution in [3.8, 4) is 0 Å². The molecular formula is C14H23FN4O2S. The van der Waals surface area contributed by atoms with Crippen molar-refractivity contribution in [3.63, 3.8) is 0 Å². The zero-order valence-electron chi connectivity index (χ0n) is 13.1. The first-order valence-corrected chi connectivity index (χ1v) is 8.93. The number of nitrogens with zero attached hydrogens (tertiary/aromatic N) is 1. The van der Waals surface area contributed by atoms with Gasteiger partial charge in [-0.1, -0.05) is 12.1 Å². The van der Waals surface area contributed by atoms with Gasteiger partial charge in [0.2, 0.25) is 10.0 Å². The van der Waals surface area contributed by atoms with Crippen molar-refractivity contribution in [1.29, 1.82) is 0 Å². The molecule has 6 nitrogen and oxygen atoms in total. The van der Waals surface area contributed by atoms with Gasteiger partial charge >= 0.3 is 0 Å². The second kappa shape index (κ2) is 8.70. The summed E-state index contributed by atoms with van der Waals surface area (Å²) in [6.07, 6.45) is 1.11. The summed E-state index contributed by atoms with van der Waals surface area (Å²) >= 11 is 0. The zero-order valence-corrected chi connectivity index (χ0v) is 13.9. The Balaban J connectivity index is 2.55. The molecule has 0 aliphatic rings. The van der Waals surface area contributed by atoms with Crippen LogP contribution in [0.2, 0.25) is 0 Å². The van der Waals surface area contributed by atoms with Gasteiger partial charge in [-0.3, -0.25) is 0 Å². The molecule has 1 rings (SSSR count). The standard InChI is InChI=1S/C14H23FN4O2S/c1-4-16-14(17-7-8-19-22(3,20)21)18-10-12-5-6-13(15)11(2)9-12/h5-6,9,19H,4,7-8,10H2,1-3H3,(H2,16,17,18). The Morgan fingerprint density at radius 1 is 1.27 bits per heavy atom. The first kappa shape index (κ1) is 18.4. The molecule has 0 fully saturated rings. The number of hydrogen-bond donors (Lipinski definition) is 3. The number of sulfonamides is 1. The van der Waals surface area contributed by atoms with Gasteiger partial charge in [0.25, 0.3) is 0 Å². The van der Waals surface area contributed by atoms with Crippen molar-refractivity contribution in [2.45, 2.75) is 20.4 Å². The van der Waals surface area contributed by atoms with Gasteiger partial charge in [-0.15, -0.1) is 0 Å². The molecule has 0 amide bonds. The maximum absolute atomic E-state index is 13.2. The van der Waals surface area contributed by atoms with E-state index in [2.05, 4.69) is 20.3 Å². The summed E-state index contributed by atoms with van der Waals surface area (Å²) in [5.74, 6) is 0.351. The molecule has 22 heavy (non-hydrogen) atoms. The monoisotopic (exact) mass is 330 g/mol. The second-order valence-electron chi connectivity index (χ2n) is 4.87. The molecular weight excluding hydrogens is 307 g/mol. The summed E-state index contributed by atoms with van der Waals surface area (Å²) in [6.45, 7) is 5.45. The largest absolute Gasteiger partial charge is 0.357 e. The number of halogens is 1. The van der Waals surface area contributed by atoms with Crippen LogP contribution in [0.1, 0.15) is 18.1 Å². The van der Waals surface area contributed by atoms with Crippen LogP contribution < -0.4 is 15.4 Å². The van der Waals surface area contributed by atoms with Crippen molar-refractivity contribution in [2.24, 2.45) is 4.99 Å². The number of aliphatic imine (C=N–C) groups is 1. The molecule has 1 aromatic rings. The van der Waals surface area contributed by atoms with Gasteiger partial charge in [0.1, 0.15) is 5.82 Å². The maximum Gasteiger partial charge on any atom is 0.208 e. The molecule has 0 aliphatic heterocycles. The van der Waals surface area contributed by atoms with Gasteiger partial charge in [-0.2, -0.15) is 0 Å². The molecule has 0 aromatic heterocycles. The van der Waals surface area contributed by atoms with Crippen LogP contribution in [-0.4, -0.2) is 40.3 Å². The molecule has 3 N–H and O–H groups in total. The molecule has 0 aliphatic carbocycles. The average Bonchev–Trinajstić information content (AvgIpc) is 2.43. The molecule has 0 saturated carbocycles. The van der Waals surface area contributed by atoms with E-state index in [1.807, 2.05) is 6.92 Å². The van der Waals surface area contributed by atoms with Gasteiger partial charge in [0.05, 0.1) is 12.8 Å². The van der Waals surface area contributed by atoms with Crippen LogP contribution in [0.25, 0.3) is 0 Å². The van der Waals surface area contributed by atoms with Crippen LogP contribution in [0.5, 0.6) is 0 Å². The van der Waals surface area contributed by atoms with E-state index < -0.39 is 10.0 Å². The number of aryl methyl sites for hydroxylation is 1. The van der Waals surface area contributed by atoms with Crippen molar-refractivity contribution in [3.05, 3.63) is 35.1 Å². The quantitative estimate of drug-likeness (QED) is 0.391. The summed E-state index contributed by atoms with van der Waals surface area (Å²) in [5.41, 5.74) is 1.49. The molecule has 0 unspecified atom stereocenters. The third-order valence-corrected chi connectivity index (χ3v) is 3.50. The molecule has 0 heterocycles. The predicted octanol–water partition coefficient (Wildman–Crippen LogP) is 0.738. The fourth-order valence-corrected chi connectivity index (χ4v) is 2.21. The van der Waals surface area contributed by atoms with E-state index in [1.54, 1.807) is 19.1 Å². The number of rotatable bonds is 7. The smallest absolute Gasteiger partial charge is 0.208 e. The lowest BCUT2D eigenvalue weighted by atomic mass is 10.1. The number of guanidine groups is 1. The molecule has 124 valence electrons. The van der Waals surface area contributed by atoms with E-state index in [0.717, 1.165) is 11.8 Å². The first-order valence-electron chi connectivity index (χ1n) is 7.03. The highest BCUT2D eigenvalue weighted by atomic mass is 32.2. The lowest BCUT2D eigenvalue weighted by Crippen LogP contribution is -2.41. The zero-order chi connectivity index (χ0) is 16.6. The van der Waals surface area contributed by atoms with E-state index in [-0.39, 0.29) is 12.4 Å². The Bertz CT molecular complexity index is 617. The summed E-state index contributed by atoms with van der Waals surface area (Å²) in [5, 5.41) is 6.09. The van der Waals surface area contributed by atoms with E-state index in [0.29, 0.717) is 31.2 Å². The molecule has 0 spiro atoms. The highest BCUT2D eigenvalue weighted by Gasteiger charge is 2.02. The summed E-state index contributed by atoms with van der Waals surface area (Å²) in [6, 6.07) is 4.88. The van der Waals surface area contributed by atoms with Crippen LogP contribution in [0.3, 0.4) is 0 Å². The Morgan fingerprint density at radius 2 is 2.00 bits per heavy atom. The Kier molecular flexibility index (Phi) is 7.26. The third kappa shape index (κ3) is 7.37. The number of benzene rings is 1. The van der Waals surface area contributed by atoms with E-state index in [9.17, 15) is 12.8 Å². The van der Waals surface area contributed by atoms with Gasteiger partial charge < -0.3 is 10.6 Å². The minimum Gasteiger partial charge on any atom is -0.357 e. The minimum absolute atomic E-state index is 0.232. The van der Waals surface area contributed by atoms with Crippen molar-refractivity contribution < 1.29 is 12.8 Å². The molecule has 0 bridgehead atoms. The van der Waals surface area contributed by atoms with Crippen LogP contribution in [0.4, 0.5) is 4.39 Å². The summed E-state index contributed by atoms with van der Waals surface area (Å²) < 4.78 is 37.5. The van der Waals surface area contributed by atoms with Gasteiger partial charge in [-0.05, 0) is 31.0 Å². The lowest BCUT2D eigenvalue weighted by molar-refractivity contribution is 0.586. The SMILES string of the molecule is CCNC(=NCc1ccc(F)c(C)c1)NCCNS(C)(=O)=O. The van der Waals surface area contributed by atoms with Gasteiger partial charge in [-0.25, -0.2) is 22.5 Å². The Hall–Kier alpha value is -1.67. The summed E-state index contributed by atoms with van der Waals surface area (Å²) in [4.78, 5) is 4.38. The highest BCUT2D eigenvalue weighted by molar-refractivity contribution is 7.88. The topological polar surface area (TPSA) is 82.6 Å². The second-order valence-corrected chi connectivity index (χ2v) is 6.70. The van der Waals surface area contributed by atoms with Crippen LogP contribution in [0.15, 0.2) is 23.2 Å². The van der Waals surface area contributed by atoms with Crippen molar-refractivity contribution in [2.75, 3.05) is 25.9 Å². The predicted molar refractivity (Wildman–Crippen MR) is 86.8 cm³/mol. The number of nitrogens with one attached hydrogen (secondary N) is 3. The lowest BCUT2D eigenvalue weighted by Gasteiger charge is -2.11. The Labute approximate surface area is 131 Å². The fraction of sp³-hybridized carbons (Fsp3) is 0.500. The third-order valence-electron chi connectivity index (χ3n) is 2.77.